The van der Waals surface area contributed by atoms with Crippen LogP contribution in [-0.2, 0) is 0 Å². The Morgan fingerprint density at radius 1 is 1.09 bits per heavy atom. The molecule has 0 aliphatic rings. The van der Waals surface area contributed by atoms with Gasteiger partial charge in [0.25, 0.3) is 0 Å². The van der Waals surface area contributed by atoms with Crippen molar-refractivity contribution >= 4 is 23.2 Å². The molecule has 0 saturated heterocycles. The van der Waals surface area contributed by atoms with Crippen molar-refractivity contribution in [1.82, 2.24) is 4.98 Å². The number of aromatic nitrogens is 1. The summed E-state index contributed by atoms with van der Waals surface area (Å²) in [7, 11) is 0. The lowest BCUT2D eigenvalue weighted by atomic mass is 10.1. The van der Waals surface area contributed by atoms with Crippen LogP contribution in [0.4, 0.5) is 4.39 Å². The van der Waals surface area contributed by atoms with Gasteiger partial charge in [-0.2, -0.15) is 0 Å². The first-order chi connectivity index (χ1) is 11.1. The van der Waals surface area contributed by atoms with Crippen LogP contribution in [0.1, 0.15) is 16.1 Å². The SMILES string of the molecule is O=C(/C=C/c1csc(-c2ccc(F)cc2)n1)c1ccc(O)cc1. The average molecular weight is 325 g/mol. The summed E-state index contributed by atoms with van der Waals surface area (Å²) in [6.07, 6.45) is 3.08. The Kier molecular flexibility index (Phi) is 4.30. The van der Waals surface area contributed by atoms with Crippen LogP contribution in [-0.4, -0.2) is 15.9 Å². The summed E-state index contributed by atoms with van der Waals surface area (Å²) >= 11 is 1.43. The van der Waals surface area contributed by atoms with Crippen molar-refractivity contribution in [3.8, 4) is 16.3 Å². The van der Waals surface area contributed by atoms with Crippen LogP contribution in [0.15, 0.2) is 60.0 Å². The fourth-order valence-corrected chi connectivity index (χ4v) is 2.76. The number of hydrogen-bond acceptors (Lipinski definition) is 4. The van der Waals surface area contributed by atoms with Crippen LogP contribution in [0, 0.1) is 5.82 Å². The van der Waals surface area contributed by atoms with E-state index in [2.05, 4.69) is 4.98 Å². The number of ketones is 1. The first kappa shape index (κ1) is 15.1. The Morgan fingerprint density at radius 2 is 1.78 bits per heavy atom. The molecule has 1 heterocycles. The molecule has 0 aliphatic carbocycles. The molecule has 23 heavy (non-hydrogen) atoms. The molecule has 0 bridgehead atoms. The summed E-state index contributed by atoms with van der Waals surface area (Å²) < 4.78 is 12.9. The van der Waals surface area contributed by atoms with Gasteiger partial charge in [0.2, 0.25) is 0 Å². The third kappa shape index (κ3) is 3.70. The van der Waals surface area contributed by atoms with Gasteiger partial charge in [0.05, 0.1) is 5.69 Å². The smallest absolute Gasteiger partial charge is 0.185 e. The number of benzene rings is 2. The number of nitrogens with zero attached hydrogens (tertiary/aromatic N) is 1. The van der Waals surface area contributed by atoms with Crippen molar-refractivity contribution in [1.29, 1.82) is 0 Å². The molecule has 2 aromatic carbocycles. The maximum atomic E-state index is 12.9. The summed E-state index contributed by atoms with van der Waals surface area (Å²) in [5, 5.41) is 11.8. The Labute approximate surface area is 136 Å². The lowest BCUT2D eigenvalue weighted by molar-refractivity contribution is 0.104. The molecule has 3 aromatic rings. The molecule has 5 heteroatoms. The first-order valence-electron chi connectivity index (χ1n) is 6.85. The van der Waals surface area contributed by atoms with Gasteiger partial charge in [0.1, 0.15) is 16.6 Å². The minimum atomic E-state index is -0.287. The molecule has 1 aromatic heterocycles. The predicted molar refractivity (Wildman–Crippen MR) is 89.0 cm³/mol. The monoisotopic (exact) mass is 325 g/mol. The summed E-state index contributed by atoms with van der Waals surface area (Å²) in [6, 6.07) is 12.2. The second-order valence-electron chi connectivity index (χ2n) is 4.83. The number of phenolic OH excluding ortho intramolecular Hbond substituents is 1. The van der Waals surface area contributed by atoms with E-state index < -0.39 is 0 Å². The zero-order valence-corrected chi connectivity index (χ0v) is 12.8. The number of halogens is 1. The van der Waals surface area contributed by atoms with Crippen molar-refractivity contribution in [2.45, 2.75) is 0 Å². The Balaban J connectivity index is 1.74. The average Bonchev–Trinajstić information content (AvgIpc) is 3.03. The van der Waals surface area contributed by atoms with Gasteiger partial charge < -0.3 is 5.11 Å². The van der Waals surface area contributed by atoms with Gasteiger partial charge in [-0.1, -0.05) is 0 Å². The Hall–Kier alpha value is -2.79. The zero-order chi connectivity index (χ0) is 16.2. The van der Waals surface area contributed by atoms with E-state index in [1.807, 2.05) is 5.38 Å². The molecule has 0 atom stereocenters. The third-order valence-electron chi connectivity index (χ3n) is 3.17. The van der Waals surface area contributed by atoms with Gasteiger partial charge in [-0.05, 0) is 60.7 Å². The fraction of sp³-hybridized carbons (Fsp3) is 0. The van der Waals surface area contributed by atoms with Crippen molar-refractivity contribution < 1.29 is 14.3 Å². The molecule has 3 nitrogen and oxygen atoms in total. The predicted octanol–water partition coefficient (Wildman–Crippen LogP) is 4.55. The van der Waals surface area contributed by atoms with Crippen LogP contribution >= 0.6 is 11.3 Å². The van der Waals surface area contributed by atoms with E-state index in [0.29, 0.717) is 11.3 Å². The second-order valence-corrected chi connectivity index (χ2v) is 5.69. The van der Waals surface area contributed by atoms with E-state index >= 15 is 0 Å². The quantitative estimate of drug-likeness (QED) is 0.565. The van der Waals surface area contributed by atoms with E-state index in [1.165, 1.54) is 41.7 Å². The Morgan fingerprint density at radius 3 is 2.48 bits per heavy atom. The highest BCUT2D eigenvalue weighted by molar-refractivity contribution is 7.13. The largest absolute Gasteiger partial charge is 0.508 e. The number of phenols is 1. The number of hydrogen-bond donors (Lipinski definition) is 1. The topological polar surface area (TPSA) is 50.2 Å². The molecule has 3 rings (SSSR count). The minimum absolute atomic E-state index is 0.119. The maximum Gasteiger partial charge on any atom is 0.185 e. The van der Waals surface area contributed by atoms with Gasteiger partial charge >= 0.3 is 0 Å². The molecule has 0 amide bonds. The molecule has 0 fully saturated rings. The summed E-state index contributed by atoms with van der Waals surface area (Å²) in [5.74, 6) is -0.333. The molecular weight excluding hydrogens is 313 g/mol. The molecule has 114 valence electrons. The molecule has 0 unspecified atom stereocenters. The van der Waals surface area contributed by atoms with E-state index in [4.69, 9.17) is 0 Å². The Bertz CT molecular complexity index is 851. The van der Waals surface area contributed by atoms with Crippen molar-refractivity contribution in [3.05, 3.63) is 77.1 Å². The summed E-state index contributed by atoms with van der Waals surface area (Å²) in [5.41, 5.74) is 2.00. The number of carbonyl (C=O) groups excluding carboxylic acids is 1. The van der Waals surface area contributed by atoms with Gasteiger partial charge in [-0.3, -0.25) is 4.79 Å². The number of carbonyl (C=O) groups is 1. The fourth-order valence-electron chi connectivity index (χ4n) is 1.97. The standard InChI is InChI=1S/C18H12FNO2S/c19-14-5-1-13(2-6-14)18-20-15(11-23-18)7-10-17(22)12-3-8-16(21)9-4-12/h1-11,21H/b10-7+. The molecular formula is C18H12FNO2S. The first-order valence-corrected chi connectivity index (χ1v) is 7.73. The number of thiazole rings is 1. The lowest BCUT2D eigenvalue weighted by Gasteiger charge is -1.96. The molecule has 0 spiro atoms. The molecule has 0 saturated carbocycles. The maximum absolute atomic E-state index is 12.9. The molecule has 0 radical (unpaired) electrons. The number of aromatic hydroxyl groups is 1. The van der Waals surface area contributed by atoms with E-state index in [0.717, 1.165) is 10.6 Å². The van der Waals surface area contributed by atoms with Crippen LogP contribution in [0.25, 0.3) is 16.6 Å². The van der Waals surface area contributed by atoms with E-state index in [1.54, 1.807) is 30.3 Å². The molecule has 0 aliphatic heterocycles. The highest BCUT2D eigenvalue weighted by Crippen LogP contribution is 2.24. The van der Waals surface area contributed by atoms with Crippen molar-refractivity contribution in [2.75, 3.05) is 0 Å². The number of rotatable bonds is 4. The van der Waals surface area contributed by atoms with Gasteiger partial charge in [-0.15, -0.1) is 11.3 Å². The third-order valence-corrected chi connectivity index (χ3v) is 4.08. The van der Waals surface area contributed by atoms with Crippen LogP contribution in [0.2, 0.25) is 0 Å². The lowest BCUT2D eigenvalue weighted by Crippen LogP contribution is -1.92. The summed E-state index contributed by atoms with van der Waals surface area (Å²) in [4.78, 5) is 16.4. The highest BCUT2D eigenvalue weighted by Gasteiger charge is 2.05. The van der Waals surface area contributed by atoms with Gasteiger partial charge in [0.15, 0.2) is 5.78 Å². The van der Waals surface area contributed by atoms with Crippen LogP contribution in [0.3, 0.4) is 0 Å². The normalized spacial score (nSPS) is 11.0. The van der Waals surface area contributed by atoms with Crippen LogP contribution in [0.5, 0.6) is 5.75 Å². The van der Waals surface area contributed by atoms with Crippen molar-refractivity contribution in [3.63, 3.8) is 0 Å². The minimum Gasteiger partial charge on any atom is -0.508 e. The van der Waals surface area contributed by atoms with E-state index in [-0.39, 0.29) is 17.3 Å². The summed E-state index contributed by atoms with van der Waals surface area (Å²) in [6.45, 7) is 0. The van der Waals surface area contributed by atoms with Gasteiger partial charge in [0, 0.05) is 16.5 Å². The van der Waals surface area contributed by atoms with Crippen molar-refractivity contribution in [2.24, 2.45) is 0 Å². The zero-order valence-electron chi connectivity index (χ0n) is 11.9. The number of allylic oxidation sites excluding steroid dienone is 1. The second kappa shape index (κ2) is 6.54. The molecule has 1 N–H and O–H groups in total. The van der Waals surface area contributed by atoms with Crippen LogP contribution < -0.4 is 0 Å². The van der Waals surface area contributed by atoms with Gasteiger partial charge in [-0.25, -0.2) is 9.37 Å². The van der Waals surface area contributed by atoms with E-state index in [9.17, 15) is 14.3 Å². The highest BCUT2D eigenvalue weighted by atomic mass is 32.1.